The lowest BCUT2D eigenvalue weighted by Gasteiger charge is -2.40. The molecule has 0 aliphatic rings. The van der Waals surface area contributed by atoms with Crippen LogP contribution in [0, 0.1) is 5.92 Å². The molecule has 3 heteroatoms. The molecular weight excluding hydrogens is 138 g/mol. The Hall–Kier alpha value is -0.120. The molecule has 11 heavy (non-hydrogen) atoms. The van der Waals surface area contributed by atoms with E-state index in [2.05, 4.69) is 27.7 Å². The van der Waals surface area contributed by atoms with Gasteiger partial charge in [0.1, 0.15) is 0 Å². The summed E-state index contributed by atoms with van der Waals surface area (Å²) in [6.07, 6.45) is 0. The molecule has 0 fully saturated rings. The van der Waals surface area contributed by atoms with E-state index >= 15 is 0 Å². The van der Waals surface area contributed by atoms with Gasteiger partial charge in [-0.3, -0.25) is 0 Å². The summed E-state index contributed by atoms with van der Waals surface area (Å²) in [4.78, 5) is 0. The number of nitrogens with one attached hydrogen (secondary N) is 2. The Morgan fingerprint density at radius 3 is 2.18 bits per heavy atom. The highest BCUT2D eigenvalue weighted by Crippen LogP contribution is 2.10. The number of nitrogens with two attached hydrogens (primary N) is 1. The van der Waals surface area contributed by atoms with Gasteiger partial charge in [0.05, 0.1) is 12.1 Å². The molecular formula is C8H21N3. The molecule has 0 radical (unpaired) electrons. The largest absolute Gasteiger partial charge is 0.469 e. The van der Waals surface area contributed by atoms with Gasteiger partial charge in [0.2, 0.25) is 0 Å². The first-order chi connectivity index (χ1) is 4.92. The van der Waals surface area contributed by atoms with Gasteiger partial charge in [-0.05, 0) is 13.8 Å². The van der Waals surface area contributed by atoms with Crippen molar-refractivity contribution in [3.8, 4) is 0 Å². The molecule has 0 aromatic heterocycles. The lowest BCUT2D eigenvalue weighted by atomic mass is 9.90. The summed E-state index contributed by atoms with van der Waals surface area (Å²) in [7, 11) is 0. The van der Waals surface area contributed by atoms with E-state index in [0.29, 0.717) is 12.5 Å². The fraction of sp³-hybridized carbons (Fsp3) is 1.00. The zero-order valence-corrected chi connectivity index (χ0v) is 8.07. The van der Waals surface area contributed by atoms with Gasteiger partial charge < -0.3 is 16.6 Å². The van der Waals surface area contributed by atoms with Gasteiger partial charge in [0.15, 0.2) is 0 Å². The lowest BCUT2D eigenvalue weighted by Crippen LogP contribution is -3.15. The van der Waals surface area contributed by atoms with Crippen LogP contribution in [0.1, 0.15) is 27.7 Å². The summed E-state index contributed by atoms with van der Waals surface area (Å²) in [5.41, 5.74) is 5.40. The summed E-state index contributed by atoms with van der Waals surface area (Å²) in [6.45, 7) is 9.82. The Kier molecular flexibility index (Phi) is 4.00. The second-order valence-electron chi connectivity index (χ2n) is 3.89. The average Bonchev–Trinajstić information content (AvgIpc) is 1.88. The van der Waals surface area contributed by atoms with Crippen LogP contribution in [0.2, 0.25) is 0 Å². The first-order valence-electron chi connectivity index (χ1n) is 4.21. The third-order valence-corrected chi connectivity index (χ3v) is 2.62. The standard InChI is InChI=1S/C8H21N3/c1-7(2)8(3,4)11(10)6-5-9/h7,10-11H,5-6,9H2,1-4H3. The smallest absolute Gasteiger partial charge is 0.0854 e. The highest BCUT2D eigenvalue weighted by molar-refractivity contribution is 4.70. The third kappa shape index (κ3) is 2.77. The summed E-state index contributed by atoms with van der Waals surface area (Å²) in [5.74, 6) is 8.26. The van der Waals surface area contributed by atoms with Crippen LogP contribution in [0.3, 0.4) is 0 Å². The van der Waals surface area contributed by atoms with Crippen LogP contribution in [0.15, 0.2) is 0 Å². The highest BCUT2D eigenvalue weighted by Gasteiger charge is 2.27. The van der Waals surface area contributed by atoms with Gasteiger partial charge in [0, 0.05) is 12.5 Å². The van der Waals surface area contributed by atoms with Crippen LogP contribution >= 0.6 is 0 Å². The molecule has 0 aliphatic carbocycles. The summed E-state index contributed by atoms with van der Waals surface area (Å²) < 4.78 is 0. The van der Waals surface area contributed by atoms with Crippen molar-refractivity contribution in [2.45, 2.75) is 33.2 Å². The monoisotopic (exact) mass is 159 g/mol. The second kappa shape index (κ2) is 4.04. The van der Waals surface area contributed by atoms with E-state index in [-0.39, 0.29) is 5.54 Å². The van der Waals surface area contributed by atoms with Crippen LogP contribution in [0.5, 0.6) is 0 Å². The quantitative estimate of drug-likeness (QED) is 0.567. The van der Waals surface area contributed by atoms with E-state index < -0.39 is 0 Å². The zero-order valence-electron chi connectivity index (χ0n) is 8.07. The maximum atomic E-state index is 7.74. The van der Waals surface area contributed by atoms with E-state index in [1.807, 2.05) is 0 Å². The summed E-state index contributed by atoms with van der Waals surface area (Å²) >= 11 is 0. The summed E-state index contributed by atoms with van der Waals surface area (Å²) in [6, 6.07) is 0. The van der Waals surface area contributed by atoms with Crippen LogP contribution in [-0.4, -0.2) is 18.6 Å². The van der Waals surface area contributed by atoms with Gasteiger partial charge in [-0.25, -0.2) is 0 Å². The van der Waals surface area contributed by atoms with Gasteiger partial charge in [-0.1, -0.05) is 13.8 Å². The molecule has 0 aliphatic heterocycles. The first-order valence-corrected chi connectivity index (χ1v) is 4.21. The van der Waals surface area contributed by atoms with Crippen molar-refractivity contribution in [1.29, 1.82) is 0 Å². The molecule has 0 bridgehead atoms. The molecule has 68 valence electrons. The van der Waals surface area contributed by atoms with Crippen molar-refractivity contribution in [1.82, 2.24) is 0 Å². The minimum Gasteiger partial charge on any atom is -0.469 e. The Bertz CT molecular complexity index is 110. The van der Waals surface area contributed by atoms with Crippen molar-refractivity contribution < 1.29 is 5.01 Å². The maximum Gasteiger partial charge on any atom is 0.0854 e. The van der Waals surface area contributed by atoms with E-state index in [1.54, 1.807) is 0 Å². The number of rotatable bonds is 4. The van der Waals surface area contributed by atoms with E-state index in [9.17, 15) is 0 Å². The van der Waals surface area contributed by atoms with Gasteiger partial charge in [-0.2, -0.15) is 0 Å². The molecule has 0 spiro atoms. The van der Waals surface area contributed by atoms with E-state index in [1.165, 1.54) is 0 Å². The van der Waals surface area contributed by atoms with Crippen LogP contribution in [0.4, 0.5) is 0 Å². The fourth-order valence-corrected chi connectivity index (χ4v) is 0.815. The van der Waals surface area contributed by atoms with Crippen molar-refractivity contribution in [3.63, 3.8) is 0 Å². The predicted octanol–water partition coefficient (Wildman–Crippen LogP) is 0.232. The topological polar surface area (TPSA) is 54.3 Å². The Balaban J connectivity index is 4.05. The lowest BCUT2D eigenvalue weighted by molar-refractivity contribution is -0.904. The van der Waals surface area contributed by atoms with E-state index in [0.717, 1.165) is 11.6 Å². The fourth-order valence-electron chi connectivity index (χ4n) is 0.815. The Morgan fingerprint density at radius 1 is 1.45 bits per heavy atom. The molecule has 0 amide bonds. The molecule has 0 rings (SSSR count). The van der Waals surface area contributed by atoms with Crippen molar-refractivity contribution in [3.05, 3.63) is 5.84 Å². The SMILES string of the molecule is CC(C)C(C)(C)[NH+]([NH-])CCN. The third-order valence-electron chi connectivity index (χ3n) is 2.62. The average molecular weight is 159 g/mol. The van der Waals surface area contributed by atoms with Crippen LogP contribution in [-0.2, 0) is 0 Å². The highest BCUT2D eigenvalue weighted by atomic mass is 15.4. The first kappa shape index (κ1) is 10.9. The van der Waals surface area contributed by atoms with Crippen molar-refractivity contribution in [2.24, 2.45) is 11.7 Å². The van der Waals surface area contributed by atoms with Crippen LogP contribution < -0.4 is 10.7 Å². The molecule has 4 N–H and O–H groups in total. The number of hydrogen-bond acceptors (Lipinski definition) is 1. The predicted molar refractivity (Wildman–Crippen MR) is 48.1 cm³/mol. The van der Waals surface area contributed by atoms with Gasteiger partial charge in [-0.15, -0.1) is 0 Å². The molecule has 0 heterocycles. The second-order valence-corrected chi connectivity index (χ2v) is 3.89. The van der Waals surface area contributed by atoms with Crippen molar-refractivity contribution >= 4 is 0 Å². The minimum atomic E-state index is 0.0133. The molecule has 1 unspecified atom stereocenters. The number of hydrogen-bond donors (Lipinski definition) is 2. The Morgan fingerprint density at radius 2 is 1.91 bits per heavy atom. The minimum absolute atomic E-state index is 0.0133. The molecule has 0 saturated heterocycles. The zero-order chi connectivity index (χ0) is 9.07. The van der Waals surface area contributed by atoms with Gasteiger partial charge >= 0.3 is 0 Å². The normalized spacial score (nSPS) is 15.5. The van der Waals surface area contributed by atoms with E-state index in [4.69, 9.17) is 11.6 Å². The number of quaternary nitrogens is 1. The summed E-state index contributed by atoms with van der Waals surface area (Å²) in [5, 5.41) is 0.773. The maximum absolute atomic E-state index is 7.74. The molecule has 0 saturated carbocycles. The molecule has 0 aromatic carbocycles. The van der Waals surface area contributed by atoms with Gasteiger partial charge in [0.25, 0.3) is 0 Å². The van der Waals surface area contributed by atoms with Crippen molar-refractivity contribution in [2.75, 3.05) is 13.1 Å². The Labute approximate surface area is 69.7 Å². The molecule has 1 atom stereocenters. The van der Waals surface area contributed by atoms with Crippen LogP contribution in [0.25, 0.3) is 5.84 Å². The molecule has 0 aromatic rings. The molecule has 3 nitrogen and oxygen atoms in total.